The van der Waals surface area contributed by atoms with E-state index in [-0.39, 0.29) is 56.4 Å². The standard InChI is InChI=1S/C64H77FN10O11S2/c1-37-10-8-25-86-48-14-7-11-42(29-48)31-51-59(81)72-52(32-45-34-67-50-20-17-46(65)33-49(45)50)60(82)74-55(37)61(83)70-40(4)58(80)73-53(30-41-15-18-47(76)19-16-41)62(84)75-24-9-22-64(75,5)63(85)66-23-27-88-36-44-13-6-12-43(28-44)35-87-26-21-54(77)68-38(2)56(78)69-39(3)57(79)71-51/h6-8,10-20,28-29,33-34,37-40,51-53,55,67,76H,9,21-27,30-32,35-36H2,1-5H3,(H,66,85)(H,68,77)(H,69,78)(H,70,83)(H,71,79)(H,72,81)(H,73,80)(H,74,82)/t37?,38-,39+,40-,51+,52-,53-,55-,64-/m0/s1. The highest BCUT2D eigenvalue weighted by Crippen LogP contribution is 2.31. The molecule has 9 atom stereocenters. The Bertz CT molecular complexity index is 3400. The van der Waals surface area contributed by atoms with Crippen LogP contribution in [0.25, 0.3) is 10.9 Å². The van der Waals surface area contributed by atoms with Crippen LogP contribution in [0.4, 0.5) is 4.39 Å². The fourth-order valence-corrected chi connectivity index (χ4v) is 12.5. The number of aromatic amines is 1. The van der Waals surface area contributed by atoms with Crippen LogP contribution in [0.3, 0.4) is 0 Å². The van der Waals surface area contributed by atoms with E-state index >= 15 is 0 Å². The molecule has 21 nitrogen and oxygen atoms in total. The summed E-state index contributed by atoms with van der Waals surface area (Å²) in [6.45, 7) is 8.20. The second kappa shape index (κ2) is 30.5. The number of benzene rings is 4. The van der Waals surface area contributed by atoms with Gasteiger partial charge < -0.3 is 62.3 Å². The van der Waals surface area contributed by atoms with Gasteiger partial charge in [-0.2, -0.15) is 23.5 Å². The molecule has 1 fully saturated rings. The summed E-state index contributed by atoms with van der Waals surface area (Å²) in [6, 6.07) is 15.9. The monoisotopic (exact) mass is 1240 g/mol. The van der Waals surface area contributed by atoms with Gasteiger partial charge in [-0.05, 0) is 111 Å². The Morgan fingerprint density at radius 2 is 1.33 bits per heavy atom. The Kier molecular flexibility index (Phi) is 22.7. The zero-order valence-corrected chi connectivity index (χ0v) is 51.5. The minimum absolute atomic E-state index is 0.00753. The maximum Gasteiger partial charge on any atom is 0.246 e. The summed E-state index contributed by atoms with van der Waals surface area (Å²) in [7, 11) is 0. The number of aromatic nitrogens is 1. The van der Waals surface area contributed by atoms with Crippen molar-refractivity contribution in [1.29, 1.82) is 0 Å². The molecule has 8 rings (SSSR count). The van der Waals surface area contributed by atoms with Crippen LogP contribution in [-0.4, -0.2) is 147 Å². The summed E-state index contributed by atoms with van der Waals surface area (Å²) >= 11 is 3.18. The van der Waals surface area contributed by atoms with Crippen molar-refractivity contribution in [3.05, 3.63) is 143 Å². The summed E-state index contributed by atoms with van der Waals surface area (Å²) in [5.74, 6) is -4.66. The molecule has 468 valence electrons. The van der Waals surface area contributed by atoms with E-state index in [2.05, 4.69) is 53.6 Å². The molecule has 0 aliphatic carbocycles. The van der Waals surface area contributed by atoms with E-state index in [0.29, 0.717) is 75.7 Å². The lowest BCUT2D eigenvalue weighted by atomic mass is 9.95. The van der Waals surface area contributed by atoms with E-state index in [0.717, 1.165) is 11.1 Å². The second-order valence-corrected chi connectivity index (χ2v) is 25.0. The first-order valence-corrected chi connectivity index (χ1v) is 31.8. The average molecular weight is 1250 g/mol. The molecule has 4 aromatic carbocycles. The number of phenols is 1. The SMILES string of the molecule is CC1C=CCOc2cccc(c2)C[C@H]2NC(=O)[C@@H](C)NC(=O)[C@H](C)NC(=O)CCSCc3cccc(c3)CSCCNC(=O)[C@]3(C)CCCN3C(=O)[C@H](Cc3ccc(O)cc3)NC(=O)[C@H](C)NC(=O)[C@H]1NC(=O)[C@H](Cc1c[nH]c3ccc(F)cc13)NC2=O. The first kappa shape index (κ1) is 65.6. The molecule has 1 aromatic heterocycles. The number of hydrogen-bond donors (Lipinski definition) is 10. The third kappa shape index (κ3) is 17.7. The predicted octanol–water partition coefficient (Wildman–Crippen LogP) is 4.15. The maximum absolute atomic E-state index is 15.0. The van der Waals surface area contributed by atoms with Gasteiger partial charge in [0.2, 0.25) is 53.2 Å². The average Bonchev–Trinajstić information content (AvgIpc) is 2.70. The van der Waals surface area contributed by atoms with E-state index in [1.54, 1.807) is 92.1 Å². The van der Waals surface area contributed by atoms with Crippen molar-refractivity contribution in [2.45, 2.75) is 132 Å². The summed E-state index contributed by atoms with van der Waals surface area (Å²) in [5.41, 5.74) is 2.95. The molecule has 0 radical (unpaired) electrons. The summed E-state index contributed by atoms with van der Waals surface area (Å²) in [6.07, 6.45) is 5.41. The van der Waals surface area contributed by atoms with Crippen LogP contribution in [0, 0.1) is 11.7 Å². The molecule has 5 aromatic rings. The summed E-state index contributed by atoms with van der Waals surface area (Å²) in [5, 5.41) is 32.7. The number of phenolic OH excluding ortho intramolecular Hbond substituents is 1. The molecule has 1 unspecified atom stereocenters. The third-order valence-electron chi connectivity index (χ3n) is 15.8. The molecule has 4 heterocycles. The molecule has 9 amide bonds. The number of carbonyl (C=O) groups is 9. The van der Waals surface area contributed by atoms with Crippen LogP contribution in [0.2, 0.25) is 0 Å². The van der Waals surface area contributed by atoms with Crippen LogP contribution in [0.1, 0.15) is 81.7 Å². The van der Waals surface area contributed by atoms with Gasteiger partial charge in [-0.25, -0.2) is 4.39 Å². The maximum atomic E-state index is 15.0. The number of amides is 9. The molecule has 3 aliphatic rings. The second-order valence-electron chi connectivity index (χ2n) is 22.7. The number of fused-ring (bicyclic) bond motifs is 12. The van der Waals surface area contributed by atoms with E-state index < -0.39 is 101 Å². The molecule has 6 bridgehead atoms. The largest absolute Gasteiger partial charge is 0.508 e. The van der Waals surface area contributed by atoms with Gasteiger partial charge in [0.05, 0.1) is 0 Å². The first-order chi connectivity index (χ1) is 42.1. The number of rotatable bonds is 4. The van der Waals surface area contributed by atoms with Crippen LogP contribution in [0.5, 0.6) is 11.5 Å². The number of thioether (sulfide) groups is 2. The van der Waals surface area contributed by atoms with Crippen molar-refractivity contribution in [3.63, 3.8) is 0 Å². The highest BCUT2D eigenvalue weighted by Gasteiger charge is 2.47. The van der Waals surface area contributed by atoms with Gasteiger partial charge >= 0.3 is 0 Å². The molecule has 10 N–H and O–H groups in total. The predicted molar refractivity (Wildman–Crippen MR) is 334 cm³/mol. The third-order valence-corrected chi connectivity index (χ3v) is 17.9. The normalized spacial score (nSPS) is 25.9. The highest BCUT2D eigenvalue weighted by atomic mass is 32.2. The Balaban J connectivity index is 1.10. The minimum atomic E-state index is -1.50. The Morgan fingerprint density at radius 3 is 2.08 bits per heavy atom. The number of nitrogens with zero attached hydrogens (tertiary/aromatic N) is 1. The molecule has 0 saturated carbocycles. The Hall–Kier alpha value is -8.38. The van der Waals surface area contributed by atoms with Gasteiger partial charge in [-0.1, -0.05) is 67.6 Å². The Labute approximate surface area is 519 Å². The molecule has 1 saturated heterocycles. The topological polar surface area (TPSA) is 298 Å². The van der Waals surface area contributed by atoms with Crippen LogP contribution >= 0.6 is 23.5 Å². The van der Waals surface area contributed by atoms with Crippen LogP contribution in [0.15, 0.2) is 109 Å². The van der Waals surface area contributed by atoms with Crippen molar-refractivity contribution in [2.24, 2.45) is 5.92 Å². The zero-order chi connectivity index (χ0) is 63.1. The van der Waals surface area contributed by atoms with E-state index in [9.17, 15) is 52.6 Å². The molecule has 24 heteroatoms. The number of carbonyl (C=O) groups excluding carboxylic acids is 9. The number of H-pyrrole nitrogens is 1. The van der Waals surface area contributed by atoms with Crippen molar-refractivity contribution >= 4 is 87.6 Å². The van der Waals surface area contributed by atoms with Crippen molar-refractivity contribution in [3.8, 4) is 11.5 Å². The molecule has 88 heavy (non-hydrogen) atoms. The minimum Gasteiger partial charge on any atom is -0.508 e. The van der Waals surface area contributed by atoms with Gasteiger partial charge in [0.25, 0.3) is 0 Å². The lowest BCUT2D eigenvalue weighted by Gasteiger charge is -2.36. The van der Waals surface area contributed by atoms with E-state index in [4.69, 9.17) is 4.74 Å². The van der Waals surface area contributed by atoms with Gasteiger partial charge in [-0.3, -0.25) is 43.2 Å². The summed E-state index contributed by atoms with van der Waals surface area (Å²) < 4.78 is 20.9. The lowest BCUT2D eigenvalue weighted by molar-refractivity contribution is -0.146. The molecular formula is C64H77FN10O11S2. The number of ether oxygens (including phenoxy) is 1. The number of aromatic hydroxyl groups is 1. The molecule has 0 spiro atoms. The van der Waals surface area contributed by atoms with E-state index in [1.165, 1.54) is 56.0 Å². The van der Waals surface area contributed by atoms with Gasteiger partial charge in [0, 0.05) is 84.8 Å². The van der Waals surface area contributed by atoms with Gasteiger partial charge in [0.15, 0.2) is 0 Å². The Morgan fingerprint density at radius 1 is 0.670 bits per heavy atom. The number of hydrogen-bond acceptors (Lipinski definition) is 13. The van der Waals surface area contributed by atoms with Crippen molar-refractivity contribution in [2.75, 3.05) is 31.2 Å². The fourth-order valence-electron chi connectivity index (χ4n) is 10.8. The molecular weight excluding hydrogens is 1170 g/mol. The highest BCUT2D eigenvalue weighted by molar-refractivity contribution is 7.98. The first-order valence-electron chi connectivity index (χ1n) is 29.5. The fraction of sp³-hybridized carbons (Fsp3) is 0.422. The van der Waals surface area contributed by atoms with E-state index in [1.807, 2.05) is 18.2 Å². The summed E-state index contributed by atoms with van der Waals surface area (Å²) in [4.78, 5) is 133. The zero-order valence-electron chi connectivity index (χ0n) is 49.9. The van der Waals surface area contributed by atoms with Crippen LogP contribution in [-0.2, 0) is 73.9 Å². The molecule has 3 aliphatic heterocycles. The number of halogens is 1. The number of nitrogens with one attached hydrogen (secondary N) is 9. The van der Waals surface area contributed by atoms with Crippen molar-refractivity contribution in [1.82, 2.24) is 52.4 Å². The van der Waals surface area contributed by atoms with Gasteiger partial charge in [0.1, 0.15) is 71.8 Å². The van der Waals surface area contributed by atoms with Crippen molar-refractivity contribution < 1.29 is 57.4 Å². The van der Waals surface area contributed by atoms with Crippen LogP contribution < -0.4 is 47.3 Å². The van der Waals surface area contributed by atoms with Gasteiger partial charge in [-0.15, -0.1) is 0 Å². The quantitative estimate of drug-likeness (QED) is 0.113. The lowest BCUT2D eigenvalue weighted by Crippen LogP contribution is -2.62. The smallest absolute Gasteiger partial charge is 0.246 e.